The lowest BCUT2D eigenvalue weighted by Gasteiger charge is -2.31. The number of allylic oxidation sites excluding steroid dienone is 1. The lowest BCUT2D eigenvalue weighted by atomic mass is 10.2. The Kier molecular flexibility index (Phi) is 10.8. The second kappa shape index (κ2) is 13.4. The van der Waals surface area contributed by atoms with Crippen molar-refractivity contribution in [2.75, 3.05) is 44.3 Å². The van der Waals surface area contributed by atoms with Crippen LogP contribution in [0.1, 0.15) is 39.0 Å². The minimum atomic E-state index is -0.0433. The first-order valence-corrected chi connectivity index (χ1v) is 11.4. The Balaban J connectivity index is 2.15. The van der Waals surface area contributed by atoms with Gasteiger partial charge in [-0.2, -0.15) is 0 Å². The van der Waals surface area contributed by atoms with Crippen molar-refractivity contribution in [1.82, 2.24) is 10.2 Å². The van der Waals surface area contributed by atoms with E-state index in [9.17, 15) is 4.79 Å². The molecule has 1 fully saturated rings. The van der Waals surface area contributed by atoms with Crippen molar-refractivity contribution in [3.63, 3.8) is 0 Å². The second-order valence-corrected chi connectivity index (χ2v) is 8.03. The maximum atomic E-state index is 13.1. The predicted octanol–water partition coefficient (Wildman–Crippen LogP) is 4.15. The molecule has 5 nitrogen and oxygen atoms in total. The zero-order chi connectivity index (χ0) is 20.0. The lowest BCUT2D eigenvalue weighted by Crippen LogP contribution is -2.44. The average Bonchev–Trinajstić information content (AvgIpc) is 2.73. The van der Waals surface area contributed by atoms with Gasteiger partial charge in [-0.05, 0) is 24.3 Å². The molecular weight excluding hydrogens is 368 g/mol. The number of nitrogens with zero attached hydrogens (tertiary/aromatic N) is 2. The summed E-state index contributed by atoms with van der Waals surface area (Å²) in [6, 6.07) is 9.66. The highest BCUT2D eigenvalue weighted by Crippen LogP contribution is 2.25. The molecule has 0 atom stereocenters. The number of amides is 1. The summed E-state index contributed by atoms with van der Waals surface area (Å²) in [4.78, 5) is 20.4. The van der Waals surface area contributed by atoms with Gasteiger partial charge < -0.3 is 15.5 Å². The summed E-state index contributed by atoms with van der Waals surface area (Å²) >= 11 is 1.66. The molecule has 0 aromatic heterocycles. The number of nitrogens with one attached hydrogen (secondary N) is 2. The van der Waals surface area contributed by atoms with Crippen molar-refractivity contribution in [3.8, 4) is 0 Å². The number of para-hydroxylation sites is 1. The number of hydrogen-bond acceptors (Lipinski definition) is 5. The molecule has 0 spiro atoms. The van der Waals surface area contributed by atoms with Gasteiger partial charge in [-0.1, -0.05) is 50.8 Å². The first-order chi connectivity index (χ1) is 13.8. The third kappa shape index (κ3) is 7.68. The Morgan fingerprint density at radius 2 is 1.89 bits per heavy atom. The molecule has 0 saturated carbocycles. The molecule has 1 amide bonds. The minimum Gasteiger partial charge on any atom is -0.367 e. The Labute approximate surface area is 174 Å². The first-order valence-electron chi connectivity index (χ1n) is 10.4. The quantitative estimate of drug-likeness (QED) is 0.332. The molecule has 154 valence electrons. The zero-order valence-corrected chi connectivity index (χ0v) is 18.1. The normalized spacial score (nSPS) is 15.6. The van der Waals surface area contributed by atoms with Gasteiger partial charge >= 0.3 is 0 Å². The van der Waals surface area contributed by atoms with E-state index in [2.05, 4.69) is 27.4 Å². The van der Waals surface area contributed by atoms with E-state index >= 15 is 0 Å². The van der Waals surface area contributed by atoms with Crippen LogP contribution in [0, 0.1) is 0 Å². The van der Waals surface area contributed by atoms with Crippen molar-refractivity contribution in [2.45, 2.75) is 39.0 Å². The molecule has 0 radical (unpaired) electrons. The summed E-state index contributed by atoms with van der Waals surface area (Å²) in [6.45, 7) is 5.86. The van der Waals surface area contributed by atoms with Crippen molar-refractivity contribution < 1.29 is 4.79 Å². The van der Waals surface area contributed by atoms with E-state index in [1.807, 2.05) is 36.5 Å². The average molecular weight is 403 g/mol. The van der Waals surface area contributed by atoms with E-state index < -0.39 is 0 Å². The van der Waals surface area contributed by atoms with Crippen LogP contribution in [0.2, 0.25) is 0 Å². The van der Waals surface area contributed by atoms with Gasteiger partial charge in [0.1, 0.15) is 0 Å². The molecule has 0 unspecified atom stereocenters. The van der Waals surface area contributed by atoms with Crippen LogP contribution in [0.4, 0.5) is 5.69 Å². The fraction of sp³-hybridized carbons (Fsp3) is 0.545. The molecule has 2 rings (SSSR count). The molecule has 2 N–H and O–H groups in total. The summed E-state index contributed by atoms with van der Waals surface area (Å²) in [6.07, 6.45) is 8.00. The molecule has 1 saturated heterocycles. The van der Waals surface area contributed by atoms with Gasteiger partial charge in [-0.3, -0.25) is 9.79 Å². The Morgan fingerprint density at radius 3 is 2.57 bits per heavy atom. The zero-order valence-electron chi connectivity index (χ0n) is 17.2. The van der Waals surface area contributed by atoms with Crippen LogP contribution in [0.3, 0.4) is 0 Å². The number of piperazine rings is 1. The van der Waals surface area contributed by atoms with Gasteiger partial charge in [0.25, 0.3) is 5.91 Å². The molecule has 1 aliphatic rings. The number of rotatable bonds is 11. The van der Waals surface area contributed by atoms with E-state index in [1.165, 1.54) is 25.7 Å². The van der Waals surface area contributed by atoms with Gasteiger partial charge in [0.05, 0.1) is 10.6 Å². The maximum Gasteiger partial charge on any atom is 0.264 e. The van der Waals surface area contributed by atoms with Gasteiger partial charge in [-0.15, -0.1) is 11.8 Å². The smallest absolute Gasteiger partial charge is 0.264 e. The molecule has 1 aliphatic heterocycles. The predicted molar refractivity (Wildman–Crippen MR) is 122 cm³/mol. The van der Waals surface area contributed by atoms with Crippen LogP contribution >= 0.6 is 11.8 Å². The van der Waals surface area contributed by atoms with Crippen molar-refractivity contribution in [1.29, 1.82) is 0 Å². The number of carbonyl (C=O) groups excluding carboxylic acids is 1. The highest BCUT2D eigenvalue weighted by molar-refractivity contribution is 8.04. The monoisotopic (exact) mass is 402 g/mol. The topological polar surface area (TPSA) is 56.7 Å². The molecular formula is C22H34N4OS. The van der Waals surface area contributed by atoms with Crippen LogP contribution in [0.5, 0.6) is 0 Å². The summed E-state index contributed by atoms with van der Waals surface area (Å²) in [5.41, 5.74) is 1.76. The highest BCUT2D eigenvalue weighted by atomic mass is 32.2. The van der Waals surface area contributed by atoms with Crippen molar-refractivity contribution in [2.24, 2.45) is 4.99 Å². The number of anilines is 1. The fourth-order valence-electron chi connectivity index (χ4n) is 3.16. The van der Waals surface area contributed by atoms with E-state index in [-0.39, 0.29) is 5.91 Å². The summed E-state index contributed by atoms with van der Waals surface area (Å²) in [7, 11) is 1.77. The molecule has 28 heavy (non-hydrogen) atoms. The number of aliphatic imine (C=N–C) groups is 1. The molecule has 1 heterocycles. The lowest BCUT2D eigenvalue weighted by molar-refractivity contribution is -0.112. The standard InChI is InChI=1S/C22H34N4OS/c1-3-4-5-6-10-17-28-21(22(27)25-19-11-8-7-9-12-19)20(18-23-2)26-15-13-24-14-16-26/h7-9,11-12,18,24H,3-6,10,13-17H2,1-2H3,(H,25,27)/b21-20-,23-18?. The third-order valence-corrected chi connectivity index (χ3v) is 5.85. The number of hydrogen-bond donors (Lipinski definition) is 2. The van der Waals surface area contributed by atoms with Crippen LogP contribution < -0.4 is 10.6 Å². The van der Waals surface area contributed by atoms with Crippen molar-refractivity contribution >= 4 is 29.6 Å². The Morgan fingerprint density at radius 1 is 1.18 bits per heavy atom. The molecule has 1 aromatic carbocycles. The number of benzene rings is 1. The maximum absolute atomic E-state index is 13.1. The van der Waals surface area contributed by atoms with Crippen LogP contribution in [-0.4, -0.2) is 56.0 Å². The largest absolute Gasteiger partial charge is 0.367 e. The molecule has 0 bridgehead atoms. The van der Waals surface area contributed by atoms with E-state index in [0.29, 0.717) is 0 Å². The molecule has 1 aromatic rings. The van der Waals surface area contributed by atoms with E-state index in [1.54, 1.807) is 18.8 Å². The first kappa shape index (κ1) is 22.5. The van der Waals surface area contributed by atoms with Gasteiger partial charge in [0.15, 0.2) is 0 Å². The van der Waals surface area contributed by atoms with Gasteiger partial charge in [0.2, 0.25) is 0 Å². The number of unbranched alkanes of at least 4 members (excludes halogenated alkanes) is 4. The van der Waals surface area contributed by atoms with Crippen LogP contribution in [0.15, 0.2) is 45.9 Å². The number of carbonyl (C=O) groups is 1. The minimum absolute atomic E-state index is 0.0433. The second-order valence-electron chi connectivity index (χ2n) is 6.92. The van der Waals surface area contributed by atoms with Gasteiger partial charge in [-0.25, -0.2) is 0 Å². The van der Waals surface area contributed by atoms with Crippen LogP contribution in [0.25, 0.3) is 0 Å². The van der Waals surface area contributed by atoms with Crippen molar-refractivity contribution in [3.05, 3.63) is 40.9 Å². The summed E-state index contributed by atoms with van der Waals surface area (Å²) < 4.78 is 0. The summed E-state index contributed by atoms with van der Waals surface area (Å²) in [5.74, 6) is 0.909. The third-order valence-electron chi connectivity index (χ3n) is 4.67. The van der Waals surface area contributed by atoms with E-state index in [0.717, 1.165) is 54.6 Å². The fourth-order valence-corrected chi connectivity index (χ4v) is 4.22. The molecule has 6 heteroatoms. The Hall–Kier alpha value is -1.79. The van der Waals surface area contributed by atoms with Gasteiger partial charge in [0, 0.05) is 45.1 Å². The molecule has 0 aliphatic carbocycles. The SMILES string of the molecule is CCCCCCCS/C(C(=O)Nc1ccccc1)=C(/C=NC)N1CCNCC1. The van der Waals surface area contributed by atoms with E-state index in [4.69, 9.17) is 0 Å². The number of thioether (sulfide) groups is 1. The van der Waals surface area contributed by atoms with Crippen LogP contribution in [-0.2, 0) is 4.79 Å². The highest BCUT2D eigenvalue weighted by Gasteiger charge is 2.21. The summed E-state index contributed by atoms with van der Waals surface area (Å²) in [5, 5.41) is 6.44. The Bertz CT molecular complexity index is 639.